The van der Waals surface area contributed by atoms with E-state index in [1.807, 2.05) is 24.3 Å². The van der Waals surface area contributed by atoms with Gasteiger partial charge in [0.25, 0.3) is 5.22 Å². The van der Waals surface area contributed by atoms with E-state index < -0.39 is 5.54 Å². The number of hydrogen-bond donors (Lipinski definition) is 2. The number of nitrogens with two attached hydrogens (primary N) is 1. The molecule has 1 aliphatic carbocycles. The molecule has 1 atom stereocenters. The molecular formula is C14H17N3O2S. The van der Waals surface area contributed by atoms with E-state index in [0.29, 0.717) is 16.9 Å². The molecule has 0 bridgehead atoms. The smallest absolute Gasteiger partial charge is 0.256 e. The Kier molecular flexibility index (Phi) is 3.43. The lowest BCUT2D eigenvalue weighted by Gasteiger charge is -2.29. The first-order valence-corrected chi connectivity index (χ1v) is 7.61. The number of primary amides is 1. The molecule has 1 aromatic carbocycles. The number of carbonyl (C=O) groups excluding carboxylic acids is 1. The molecule has 20 heavy (non-hydrogen) atoms. The highest BCUT2D eigenvalue weighted by Gasteiger charge is 2.49. The fourth-order valence-electron chi connectivity index (χ4n) is 2.45. The van der Waals surface area contributed by atoms with Gasteiger partial charge in [0.15, 0.2) is 5.58 Å². The highest BCUT2D eigenvalue weighted by Crippen LogP contribution is 2.42. The van der Waals surface area contributed by atoms with E-state index in [2.05, 4.69) is 10.3 Å². The predicted molar refractivity (Wildman–Crippen MR) is 78.4 cm³/mol. The number of likely N-dealkylation sites (N-methyl/N-ethyl adjacent to an activating group) is 1. The number of hydrogen-bond acceptors (Lipinski definition) is 5. The van der Waals surface area contributed by atoms with E-state index in [4.69, 9.17) is 10.2 Å². The number of thioether (sulfide) groups is 1. The van der Waals surface area contributed by atoms with Gasteiger partial charge in [-0.3, -0.25) is 4.79 Å². The topological polar surface area (TPSA) is 81.2 Å². The maximum atomic E-state index is 11.8. The van der Waals surface area contributed by atoms with Gasteiger partial charge in [-0.1, -0.05) is 23.9 Å². The quantitative estimate of drug-likeness (QED) is 0.793. The summed E-state index contributed by atoms with van der Waals surface area (Å²) < 4.78 is 5.66. The Labute approximate surface area is 121 Å². The van der Waals surface area contributed by atoms with Gasteiger partial charge < -0.3 is 15.5 Å². The van der Waals surface area contributed by atoms with Crippen LogP contribution in [0, 0.1) is 5.92 Å². The monoisotopic (exact) mass is 291 g/mol. The zero-order valence-electron chi connectivity index (χ0n) is 11.3. The van der Waals surface area contributed by atoms with Gasteiger partial charge in [0, 0.05) is 5.75 Å². The molecule has 1 aromatic heterocycles. The number of rotatable bonds is 6. The maximum absolute atomic E-state index is 11.8. The number of carbonyl (C=O) groups is 1. The van der Waals surface area contributed by atoms with Gasteiger partial charge in [-0.15, -0.1) is 0 Å². The van der Waals surface area contributed by atoms with Gasteiger partial charge in [-0.25, -0.2) is 4.98 Å². The van der Waals surface area contributed by atoms with Crippen LogP contribution in [0.25, 0.3) is 11.1 Å². The second kappa shape index (κ2) is 5.10. The molecule has 0 aliphatic heterocycles. The third kappa shape index (κ3) is 2.29. The molecule has 6 heteroatoms. The zero-order chi connectivity index (χ0) is 14.2. The molecule has 1 amide bonds. The summed E-state index contributed by atoms with van der Waals surface area (Å²) in [4.78, 5) is 16.2. The van der Waals surface area contributed by atoms with Crippen LogP contribution in [0.15, 0.2) is 33.9 Å². The summed E-state index contributed by atoms with van der Waals surface area (Å²) in [5.74, 6) is 0.559. The summed E-state index contributed by atoms with van der Waals surface area (Å²) in [6.45, 7) is 0. The van der Waals surface area contributed by atoms with Crippen molar-refractivity contribution < 1.29 is 9.21 Å². The summed E-state index contributed by atoms with van der Waals surface area (Å²) in [6, 6.07) is 7.62. The van der Waals surface area contributed by atoms with Crippen molar-refractivity contribution in [3.05, 3.63) is 24.3 Å². The normalized spacial score (nSPS) is 18.1. The maximum Gasteiger partial charge on any atom is 0.256 e. The van der Waals surface area contributed by atoms with Gasteiger partial charge >= 0.3 is 0 Å². The second-order valence-electron chi connectivity index (χ2n) is 5.10. The number of benzene rings is 1. The molecule has 5 nitrogen and oxygen atoms in total. The summed E-state index contributed by atoms with van der Waals surface area (Å²) >= 11 is 1.43. The summed E-state index contributed by atoms with van der Waals surface area (Å²) in [6.07, 6.45) is 2.08. The minimum Gasteiger partial charge on any atom is -0.431 e. The van der Waals surface area contributed by atoms with Crippen molar-refractivity contribution in [1.29, 1.82) is 0 Å². The fourth-order valence-corrected chi connectivity index (χ4v) is 3.64. The largest absolute Gasteiger partial charge is 0.431 e. The molecular weight excluding hydrogens is 274 g/mol. The number of aromatic nitrogens is 1. The van der Waals surface area contributed by atoms with Crippen LogP contribution in [0.4, 0.5) is 0 Å². The van der Waals surface area contributed by atoms with Crippen molar-refractivity contribution in [2.24, 2.45) is 11.7 Å². The van der Waals surface area contributed by atoms with E-state index in [1.165, 1.54) is 11.8 Å². The summed E-state index contributed by atoms with van der Waals surface area (Å²) in [7, 11) is 1.79. The van der Waals surface area contributed by atoms with Crippen molar-refractivity contribution in [3.8, 4) is 0 Å². The standard InChI is InChI=1S/C14H17N3O2S/c1-16-14(12(15)18,9-6-7-9)8-20-13-17-10-4-2-3-5-11(10)19-13/h2-5,9,16H,6-8H2,1H3,(H2,15,18). The third-order valence-electron chi connectivity index (χ3n) is 3.86. The van der Waals surface area contributed by atoms with Crippen LogP contribution in [0.2, 0.25) is 0 Å². The van der Waals surface area contributed by atoms with Crippen LogP contribution < -0.4 is 11.1 Å². The molecule has 2 aromatic rings. The van der Waals surface area contributed by atoms with Crippen molar-refractivity contribution in [1.82, 2.24) is 10.3 Å². The molecule has 3 N–H and O–H groups in total. The van der Waals surface area contributed by atoms with Gasteiger partial charge in [0.2, 0.25) is 5.91 Å². The number of nitrogens with one attached hydrogen (secondary N) is 1. The average Bonchev–Trinajstić information content (AvgIpc) is 3.19. The average molecular weight is 291 g/mol. The lowest BCUT2D eigenvalue weighted by Crippen LogP contribution is -2.57. The molecule has 0 saturated heterocycles. The van der Waals surface area contributed by atoms with Crippen molar-refractivity contribution in [3.63, 3.8) is 0 Å². The molecule has 1 aliphatic rings. The van der Waals surface area contributed by atoms with Crippen LogP contribution in [-0.4, -0.2) is 29.2 Å². The molecule has 1 unspecified atom stereocenters. The Hall–Kier alpha value is -1.53. The molecule has 3 rings (SSSR count). The molecule has 0 radical (unpaired) electrons. The lowest BCUT2D eigenvalue weighted by molar-refractivity contribution is -0.124. The lowest BCUT2D eigenvalue weighted by atomic mass is 9.95. The Bertz CT molecular complexity index is 605. The number of para-hydroxylation sites is 2. The van der Waals surface area contributed by atoms with Crippen LogP contribution in [0.1, 0.15) is 12.8 Å². The first-order chi connectivity index (χ1) is 9.65. The molecule has 1 saturated carbocycles. The van der Waals surface area contributed by atoms with Gasteiger partial charge in [0.05, 0.1) is 0 Å². The molecule has 106 valence electrons. The number of oxazole rings is 1. The number of fused-ring (bicyclic) bond motifs is 1. The molecule has 1 heterocycles. The van der Waals surface area contributed by atoms with E-state index >= 15 is 0 Å². The molecule has 1 fully saturated rings. The Morgan fingerprint density at radius 2 is 2.30 bits per heavy atom. The number of nitrogens with zero attached hydrogens (tertiary/aromatic N) is 1. The van der Waals surface area contributed by atoms with Crippen LogP contribution >= 0.6 is 11.8 Å². The van der Waals surface area contributed by atoms with Crippen LogP contribution in [0.5, 0.6) is 0 Å². The zero-order valence-corrected chi connectivity index (χ0v) is 12.1. The number of amides is 1. The Balaban J connectivity index is 1.78. The highest BCUT2D eigenvalue weighted by atomic mass is 32.2. The minimum absolute atomic E-state index is 0.300. The van der Waals surface area contributed by atoms with Crippen LogP contribution in [-0.2, 0) is 4.79 Å². The van der Waals surface area contributed by atoms with Crippen molar-refractivity contribution in [2.75, 3.05) is 12.8 Å². The SMILES string of the molecule is CNC(CSc1nc2ccccc2o1)(C(N)=O)C1CC1. The van der Waals surface area contributed by atoms with E-state index in [9.17, 15) is 4.79 Å². The van der Waals surface area contributed by atoms with Crippen molar-refractivity contribution in [2.45, 2.75) is 23.6 Å². The fraction of sp³-hybridized carbons (Fsp3) is 0.429. The van der Waals surface area contributed by atoms with Crippen molar-refractivity contribution >= 4 is 28.8 Å². The third-order valence-corrected chi connectivity index (χ3v) is 4.88. The highest BCUT2D eigenvalue weighted by molar-refractivity contribution is 7.99. The first kappa shape index (κ1) is 13.5. The second-order valence-corrected chi connectivity index (χ2v) is 6.02. The van der Waals surface area contributed by atoms with E-state index in [-0.39, 0.29) is 5.91 Å². The van der Waals surface area contributed by atoms with Gasteiger partial charge in [-0.2, -0.15) is 0 Å². The summed E-state index contributed by atoms with van der Waals surface area (Å²) in [5, 5.41) is 3.69. The predicted octanol–water partition coefficient (Wildman–Crippen LogP) is 1.77. The van der Waals surface area contributed by atoms with E-state index in [0.717, 1.165) is 23.9 Å². The Morgan fingerprint density at radius 3 is 2.90 bits per heavy atom. The first-order valence-electron chi connectivity index (χ1n) is 6.63. The van der Waals surface area contributed by atoms with E-state index in [1.54, 1.807) is 7.05 Å². The molecule has 0 spiro atoms. The van der Waals surface area contributed by atoms with Crippen LogP contribution in [0.3, 0.4) is 0 Å². The Morgan fingerprint density at radius 1 is 1.55 bits per heavy atom. The summed E-state index contributed by atoms with van der Waals surface area (Å²) in [5.41, 5.74) is 6.52. The van der Waals surface area contributed by atoms with Gasteiger partial charge in [0.1, 0.15) is 11.1 Å². The van der Waals surface area contributed by atoms with Gasteiger partial charge in [-0.05, 0) is 37.9 Å². The minimum atomic E-state index is -0.661.